The number of rotatable bonds is 10. The second-order valence-electron chi connectivity index (χ2n) is 5.60. The molecule has 0 aliphatic rings. The molecular weight excluding hydrogens is 292 g/mol. The summed E-state index contributed by atoms with van der Waals surface area (Å²) in [7, 11) is 0. The molecule has 0 spiro atoms. The molecule has 1 aromatic rings. The fourth-order valence-electron chi connectivity index (χ4n) is 2.32. The van der Waals surface area contributed by atoms with Crippen LogP contribution < -0.4 is 5.32 Å². The van der Waals surface area contributed by atoms with Crippen molar-refractivity contribution >= 4 is 17.5 Å². The summed E-state index contributed by atoms with van der Waals surface area (Å²) in [4.78, 5) is 25.2. The lowest BCUT2D eigenvalue weighted by atomic mass is 10.1. The highest BCUT2D eigenvalue weighted by Gasteiger charge is 2.11. The monoisotopic (exact) mass is 320 g/mol. The van der Waals surface area contributed by atoms with Gasteiger partial charge in [-0.3, -0.25) is 9.59 Å². The summed E-state index contributed by atoms with van der Waals surface area (Å²) in [6.45, 7) is 4.91. The van der Waals surface area contributed by atoms with Crippen molar-refractivity contribution in [3.63, 3.8) is 0 Å². The van der Waals surface area contributed by atoms with Gasteiger partial charge >= 0.3 is 0 Å². The van der Waals surface area contributed by atoms with E-state index in [1.807, 2.05) is 38.1 Å². The van der Waals surface area contributed by atoms with E-state index in [2.05, 4.69) is 5.32 Å². The summed E-state index contributed by atoms with van der Waals surface area (Å²) in [5.74, 6) is 0.115. The van der Waals surface area contributed by atoms with E-state index in [-0.39, 0.29) is 18.4 Å². The summed E-state index contributed by atoms with van der Waals surface area (Å²) in [6.07, 6.45) is 3.42. The normalized spacial score (nSPS) is 10.4. The molecule has 0 unspecified atom stereocenters. The van der Waals surface area contributed by atoms with Crippen molar-refractivity contribution in [1.29, 1.82) is 0 Å². The van der Waals surface area contributed by atoms with E-state index in [0.29, 0.717) is 25.9 Å². The maximum atomic E-state index is 12.0. The molecular formula is C18H28N2O3. The van der Waals surface area contributed by atoms with Gasteiger partial charge in [0.25, 0.3) is 0 Å². The molecule has 0 aliphatic carbocycles. The van der Waals surface area contributed by atoms with Gasteiger partial charge in [-0.15, -0.1) is 0 Å². The van der Waals surface area contributed by atoms with Crippen molar-refractivity contribution in [1.82, 2.24) is 4.90 Å². The molecule has 1 aromatic carbocycles. The zero-order chi connectivity index (χ0) is 17.1. The third-order valence-corrected chi connectivity index (χ3v) is 3.57. The van der Waals surface area contributed by atoms with Gasteiger partial charge in [0.2, 0.25) is 11.8 Å². The summed E-state index contributed by atoms with van der Waals surface area (Å²) in [6, 6.07) is 7.69. The smallest absolute Gasteiger partial charge is 0.224 e. The zero-order valence-electron chi connectivity index (χ0n) is 14.2. The minimum atomic E-state index is -0.0160. The largest absolute Gasteiger partial charge is 0.395 e. The number of hydrogen-bond acceptors (Lipinski definition) is 3. The molecule has 0 radical (unpaired) electrons. The quantitative estimate of drug-likeness (QED) is 0.696. The van der Waals surface area contributed by atoms with Crippen LogP contribution in [0.5, 0.6) is 0 Å². The number of nitrogens with zero attached hydrogens (tertiary/aromatic N) is 1. The highest BCUT2D eigenvalue weighted by Crippen LogP contribution is 2.11. The van der Waals surface area contributed by atoms with Gasteiger partial charge in [0.05, 0.1) is 6.61 Å². The Morgan fingerprint density at radius 3 is 2.26 bits per heavy atom. The molecule has 5 nitrogen and oxygen atoms in total. The number of nitrogens with one attached hydrogen (secondary N) is 1. The minimum absolute atomic E-state index is 0.0160. The Morgan fingerprint density at radius 1 is 1.04 bits per heavy atom. The van der Waals surface area contributed by atoms with Crippen LogP contribution in [0.25, 0.3) is 0 Å². The Morgan fingerprint density at radius 2 is 1.70 bits per heavy atom. The van der Waals surface area contributed by atoms with E-state index in [4.69, 9.17) is 5.11 Å². The molecule has 2 amide bonds. The van der Waals surface area contributed by atoms with Crippen LogP contribution >= 0.6 is 0 Å². The fraction of sp³-hybridized carbons (Fsp3) is 0.556. The van der Waals surface area contributed by atoms with Gasteiger partial charge in [0, 0.05) is 31.6 Å². The molecule has 0 aliphatic heterocycles. The Bertz CT molecular complexity index is 486. The Hall–Kier alpha value is -1.88. The van der Waals surface area contributed by atoms with E-state index in [1.165, 1.54) is 0 Å². The SMILES string of the molecule is CCCC(=O)Nc1ccc(CCN(CCO)C(=O)CCC)cc1. The number of aliphatic hydroxyl groups is 1. The number of benzene rings is 1. The Kier molecular flexibility index (Phi) is 8.98. The molecule has 0 saturated heterocycles. The summed E-state index contributed by atoms with van der Waals surface area (Å²) in [5.41, 5.74) is 1.90. The van der Waals surface area contributed by atoms with E-state index in [1.54, 1.807) is 4.90 Å². The highest BCUT2D eigenvalue weighted by molar-refractivity contribution is 5.90. The number of hydrogen-bond donors (Lipinski definition) is 2. The predicted octanol–water partition coefficient (Wildman–Crippen LogP) is 2.59. The van der Waals surface area contributed by atoms with Gasteiger partial charge in [-0.05, 0) is 37.0 Å². The van der Waals surface area contributed by atoms with Crippen molar-refractivity contribution in [2.45, 2.75) is 46.0 Å². The topological polar surface area (TPSA) is 69.6 Å². The number of amides is 2. The molecule has 128 valence electrons. The van der Waals surface area contributed by atoms with Gasteiger partial charge in [0.15, 0.2) is 0 Å². The van der Waals surface area contributed by atoms with E-state index in [9.17, 15) is 9.59 Å². The highest BCUT2D eigenvalue weighted by atomic mass is 16.3. The standard InChI is InChI=1S/C18H28N2O3/c1-3-5-17(22)19-16-9-7-15(8-10-16)11-12-20(13-14-21)18(23)6-4-2/h7-10,21H,3-6,11-14H2,1-2H3,(H,19,22). The van der Waals surface area contributed by atoms with Gasteiger partial charge in [-0.25, -0.2) is 0 Å². The molecule has 23 heavy (non-hydrogen) atoms. The Labute approximate surface area is 138 Å². The number of anilines is 1. The molecule has 0 heterocycles. The van der Waals surface area contributed by atoms with Crippen LogP contribution in [0.3, 0.4) is 0 Å². The first kappa shape index (κ1) is 19.2. The fourth-order valence-corrected chi connectivity index (χ4v) is 2.32. The van der Waals surface area contributed by atoms with Crippen LogP contribution in [0.1, 0.15) is 45.1 Å². The van der Waals surface area contributed by atoms with Crippen molar-refractivity contribution in [3.05, 3.63) is 29.8 Å². The van der Waals surface area contributed by atoms with Crippen molar-refractivity contribution < 1.29 is 14.7 Å². The van der Waals surface area contributed by atoms with E-state index in [0.717, 1.165) is 30.5 Å². The van der Waals surface area contributed by atoms with Gasteiger partial charge in [0.1, 0.15) is 0 Å². The van der Waals surface area contributed by atoms with Crippen LogP contribution in [-0.2, 0) is 16.0 Å². The summed E-state index contributed by atoms with van der Waals surface area (Å²) < 4.78 is 0. The first-order chi connectivity index (χ1) is 11.1. The summed E-state index contributed by atoms with van der Waals surface area (Å²) >= 11 is 0. The lowest BCUT2D eigenvalue weighted by molar-refractivity contribution is -0.131. The third kappa shape index (κ3) is 7.28. The van der Waals surface area contributed by atoms with Gasteiger partial charge in [-0.2, -0.15) is 0 Å². The molecule has 0 atom stereocenters. The van der Waals surface area contributed by atoms with Crippen molar-refractivity contribution in [2.24, 2.45) is 0 Å². The van der Waals surface area contributed by atoms with Gasteiger partial charge < -0.3 is 15.3 Å². The van der Waals surface area contributed by atoms with Crippen LogP contribution in [0, 0.1) is 0 Å². The molecule has 1 rings (SSSR count). The third-order valence-electron chi connectivity index (χ3n) is 3.57. The first-order valence-electron chi connectivity index (χ1n) is 8.38. The molecule has 0 bridgehead atoms. The zero-order valence-corrected chi connectivity index (χ0v) is 14.2. The van der Waals surface area contributed by atoms with Crippen molar-refractivity contribution in [2.75, 3.05) is 25.0 Å². The van der Waals surface area contributed by atoms with Crippen LogP contribution in [0.15, 0.2) is 24.3 Å². The molecule has 0 fully saturated rings. The molecule has 0 saturated carbocycles. The average Bonchev–Trinajstić information content (AvgIpc) is 2.53. The first-order valence-corrected chi connectivity index (χ1v) is 8.38. The second-order valence-corrected chi connectivity index (χ2v) is 5.60. The van der Waals surface area contributed by atoms with E-state index >= 15 is 0 Å². The number of aliphatic hydroxyl groups excluding tert-OH is 1. The van der Waals surface area contributed by atoms with Crippen LogP contribution in [-0.4, -0.2) is 41.5 Å². The maximum Gasteiger partial charge on any atom is 0.224 e. The lowest BCUT2D eigenvalue weighted by Crippen LogP contribution is -2.35. The van der Waals surface area contributed by atoms with Crippen LogP contribution in [0.4, 0.5) is 5.69 Å². The number of carbonyl (C=O) groups excluding carboxylic acids is 2. The second kappa shape index (κ2) is 10.8. The van der Waals surface area contributed by atoms with Crippen molar-refractivity contribution in [3.8, 4) is 0 Å². The summed E-state index contributed by atoms with van der Waals surface area (Å²) in [5, 5.41) is 11.9. The van der Waals surface area contributed by atoms with Gasteiger partial charge in [-0.1, -0.05) is 26.0 Å². The minimum Gasteiger partial charge on any atom is -0.395 e. The average molecular weight is 320 g/mol. The predicted molar refractivity (Wildman–Crippen MR) is 92.3 cm³/mol. The molecule has 2 N–H and O–H groups in total. The lowest BCUT2D eigenvalue weighted by Gasteiger charge is -2.21. The molecule has 0 aromatic heterocycles. The maximum absolute atomic E-state index is 12.0. The van der Waals surface area contributed by atoms with E-state index < -0.39 is 0 Å². The molecule has 5 heteroatoms. The Balaban J connectivity index is 2.53. The van der Waals surface area contributed by atoms with Crippen LogP contribution in [0.2, 0.25) is 0 Å². The number of carbonyl (C=O) groups is 2.